The summed E-state index contributed by atoms with van der Waals surface area (Å²) < 4.78 is 0. The molecule has 8 heteroatoms. The highest BCUT2D eigenvalue weighted by Gasteiger charge is 2.35. The second-order valence-corrected chi connectivity index (χ2v) is 5.57. The Kier molecular flexibility index (Phi) is 3.39. The number of rotatable bonds is 2. The van der Waals surface area contributed by atoms with E-state index in [1.165, 1.54) is 17.4 Å². The van der Waals surface area contributed by atoms with Crippen molar-refractivity contribution in [3.05, 3.63) is 24.0 Å². The minimum absolute atomic E-state index is 0.241. The molecule has 7 nitrogen and oxygen atoms in total. The van der Waals surface area contributed by atoms with Crippen molar-refractivity contribution in [2.75, 3.05) is 0 Å². The van der Waals surface area contributed by atoms with Crippen LogP contribution in [0.25, 0.3) is 0 Å². The lowest BCUT2D eigenvalue weighted by atomic mass is 10.0. The molecule has 20 heavy (non-hydrogen) atoms. The van der Waals surface area contributed by atoms with Crippen LogP contribution in [0.5, 0.6) is 0 Å². The van der Waals surface area contributed by atoms with Gasteiger partial charge in [0.15, 0.2) is 10.8 Å². The average Bonchev–Trinajstić information content (AvgIpc) is 3.12. The zero-order chi connectivity index (χ0) is 14.1. The van der Waals surface area contributed by atoms with Crippen molar-refractivity contribution in [1.29, 1.82) is 0 Å². The van der Waals surface area contributed by atoms with Crippen molar-refractivity contribution in [1.82, 2.24) is 31.2 Å². The summed E-state index contributed by atoms with van der Waals surface area (Å²) in [5, 5.41) is 11.4. The van der Waals surface area contributed by atoms with Crippen molar-refractivity contribution in [3.63, 3.8) is 0 Å². The molecule has 2 bridgehead atoms. The van der Waals surface area contributed by atoms with Gasteiger partial charge in [0.2, 0.25) is 0 Å². The molecule has 1 amide bonds. The number of nitrogens with one attached hydrogen (secondary N) is 3. The van der Waals surface area contributed by atoms with Crippen LogP contribution in [0, 0.1) is 11.8 Å². The van der Waals surface area contributed by atoms with Crippen molar-refractivity contribution >= 4 is 23.2 Å². The van der Waals surface area contributed by atoms with E-state index in [0.29, 0.717) is 23.0 Å². The van der Waals surface area contributed by atoms with Gasteiger partial charge in [-0.2, -0.15) is 9.90 Å². The average molecular weight is 292 g/mol. The van der Waals surface area contributed by atoms with Gasteiger partial charge < -0.3 is 5.32 Å². The lowest BCUT2D eigenvalue weighted by Gasteiger charge is -2.21. The van der Waals surface area contributed by atoms with Gasteiger partial charge in [0.1, 0.15) is 0 Å². The summed E-state index contributed by atoms with van der Waals surface area (Å²) in [5.74, 6) is 0.861. The van der Waals surface area contributed by atoms with Gasteiger partial charge in [0, 0.05) is 13.1 Å². The third kappa shape index (κ3) is 2.64. The van der Waals surface area contributed by atoms with E-state index in [0.717, 1.165) is 6.42 Å². The second-order valence-electron chi connectivity index (χ2n) is 5.16. The number of amides is 1. The molecule has 3 atom stereocenters. The summed E-state index contributed by atoms with van der Waals surface area (Å²) in [5.41, 5.74) is 5.44. The van der Waals surface area contributed by atoms with E-state index in [1.54, 1.807) is 7.05 Å². The molecule has 1 saturated carbocycles. The fourth-order valence-electron chi connectivity index (χ4n) is 2.78. The molecule has 1 heterocycles. The summed E-state index contributed by atoms with van der Waals surface area (Å²) in [7, 11) is 1.65. The molecule has 3 rings (SSSR count). The minimum atomic E-state index is -0.366. The number of carbonyl (C=O) groups excluding carboxylic acids is 1. The zero-order valence-electron chi connectivity index (χ0n) is 11.0. The standard InChI is InChI=1S/C12H16N6OS/c1-18-13-6-10(17-18)11(19)15-16-12(20)14-9-5-7-2-3-8(9)4-7/h2-3,6-9H,4-5H2,1H3,(H,15,19)(H2,14,16,20). The van der Waals surface area contributed by atoms with Gasteiger partial charge in [0.25, 0.3) is 5.91 Å². The predicted octanol–water partition coefficient (Wildman–Crippen LogP) is -0.111. The minimum Gasteiger partial charge on any atom is -0.358 e. The molecule has 1 fully saturated rings. The first kappa shape index (κ1) is 13.0. The van der Waals surface area contributed by atoms with E-state index in [9.17, 15) is 4.79 Å². The molecule has 3 unspecified atom stereocenters. The second kappa shape index (κ2) is 5.20. The fraction of sp³-hybridized carbons (Fsp3) is 0.500. The smallest absolute Gasteiger partial charge is 0.291 e. The van der Waals surface area contributed by atoms with Gasteiger partial charge in [-0.3, -0.25) is 15.6 Å². The highest BCUT2D eigenvalue weighted by molar-refractivity contribution is 7.80. The highest BCUT2D eigenvalue weighted by Crippen LogP contribution is 2.38. The maximum Gasteiger partial charge on any atom is 0.291 e. The number of nitrogens with zero attached hydrogens (tertiary/aromatic N) is 3. The zero-order valence-corrected chi connectivity index (χ0v) is 11.9. The Morgan fingerprint density at radius 1 is 1.40 bits per heavy atom. The Morgan fingerprint density at radius 3 is 2.85 bits per heavy atom. The molecule has 0 spiro atoms. The van der Waals surface area contributed by atoms with Crippen LogP contribution in [0.1, 0.15) is 23.3 Å². The SMILES string of the molecule is Cn1ncc(C(=O)NNC(=S)NC2CC3C=CC2C3)n1. The largest absolute Gasteiger partial charge is 0.358 e. The van der Waals surface area contributed by atoms with Crippen molar-refractivity contribution in [2.24, 2.45) is 18.9 Å². The van der Waals surface area contributed by atoms with Gasteiger partial charge in [0.05, 0.1) is 6.20 Å². The first-order valence-corrected chi connectivity index (χ1v) is 6.94. The van der Waals surface area contributed by atoms with Crippen LogP contribution in [0.3, 0.4) is 0 Å². The maximum atomic E-state index is 11.7. The molecule has 2 aliphatic rings. The number of hydrogen-bond donors (Lipinski definition) is 3. The quantitative estimate of drug-likeness (QED) is 0.401. The first-order valence-electron chi connectivity index (χ1n) is 6.53. The predicted molar refractivity (Wildman–Crippen MR) is 76.5 cm³/mol. The number of aryl methyl sites for hydroxylation is 1. The molecule has 1 aromatic heterocycles. The number of allylic oxidation sites excluding steroid dienone is 1. The van der Waals surface area contributed by atoms with E-state index in [-0.39, 0.29) is 11.6 Å². The number of aromatic nitrogens is 3. The van der Waals surface area contributed by atoms with E-state index >= 15 is 0 Å². The van der Waals surface area contributed by atoms with Crippen LogP contribution in [0.2, 0.25) is 0 Å². The molecule has 3 N–H and O–H groups in total. The summed E-state index contributed by atoms with van der Waals surface area (Å²) in [4.78, 5) is 13.1. The van der Waals surface area contributed by atoms with Gasteiger partial charge in [-0.1, -0.05) is 12.2 Å². The summed E-state index contributed by atoms with van der Waals surface area (Å²) >= 11 is 5.18. The Balaban J connectivity index is 1.45. The molecular formula is C12H16N6OS. The normalized spacial score (nSPS) is 26.6. The number of hydrazine groups is 1. The maximum absolute atomic E-state index is 11.7. The van der Waals surface area contributed by atoms with Crippen LogP contribution in [-0.2, 0) is 7.05 Å². The Morgan fingerprint density at radius 2 is 2.25 bits per heavy atom. The summed E-state index contributed by atoms with van der Waals surface area (Å²) in [6, 6.07) is 0.360. The molecule has 0 saturated heterocycles. The number of carbonyl (C=O) groups is 1. The first-order chi connectivity index (χ1) is 9.61. The van der Waals surface area contributed by atoms with Crippen LogP contribution >= 0.6 is 12.2 Å². The third-order valence-corrected chi connectivity index (χ3v) is 3.94. The van der Waals surface area contributed by atoms with Gasteiger partial charge in [-0.15, -0.1) is 5.10 Å². The van der Waals surface area contributed by atoms with Crippen LogP contribution in [-0.4, -0.2) is 32.1 Å². The van der Waals surface area contributed by atoms with E-state index < -0.39 is 0 Å². The monoisotopic (exact) mass is 292 g/mol. The number of fused-ring (bicyclic) bond motifs is 2. The lowest BCUT2D eigenvalue weighted by Crippen LogP contribution is -2.50. The molecule has 2 aliphatic carbocycles. The van der Waals surface area contributed by atoms with E-state index in [1.807, 2.05) is 0 Å². The van der Waals surface area contributed by atoms with Crippen LogP contribution in [0.15, 0.2) is 18.3 Å². The van der Waals surface area contributed by atoms with Gasteiger partial charge in [-0.05, 0) is 36.9 Å². The highest BCUT2D eigenvalue weighted by atomic mass is 32.1. The van der Waals surface area contributed by atoms with E-state index in [4.69, 9.17) is 12.2 Å². The lowest BCUT2D eigenvalue weighted by molar-refractivity contribution is 0.0937. The Bertz CT molecular complexity index is 568. The van der Waals surface area contributed by atoms with E-state index in [2.05, 4.69) is 38.5 Å². The summed E-state index contributed by atoms with van der Waals surface area (Å²) in [6.45, 7) is 0. The fourth-order valence-corrected chi connectivity index (χ4v) is 2.98. The van der Waals surface area contributed by atoms with Crippen molar-refractivity contribution in [3.8, 4) is 0 Å². The van der Waals surface area contributed by atoms with Crippen LogP contribution in [0.4, 0.5) is 0 Å². The van der Waals surface area contributed by atoms with Crippen LogP contribution < -0.4 is 16.2 Å². The molecular weight excluding hydrogens is 276 g/mol. The number of thiocarbonyl (C=S) groups is 1. The van der Waals surface area contributed by atoms with Crippen molar-refractivity contribution in [2.45, 2.75) is 18.9 Å². The molecule has 1 aromatic rings. The topological polar surface area (TPSA) is 83.9 Å². The third-order valence-electron chi connectivity index (χ3n) is 3.72. The molecule has 0 radical (unpaired) electrons. The molecule has 0 aliphatic heterocycles. The molecule has 106 valence electrons. The van der Waals surface area contributed by atoms with Gasteiger partial charge in [-0.25, -0.2) is 0 Å². The van der Waals surface area contributed by atoms with Crippen molar-refractivity contribution < 1.29 is 4.79 Å². The molecule has 0 aromatic carbocycles. The number of hydrogen-bond acceptors (Lipinski definition) is 4. The summed E-state index contributed by atoms with van der Waals surface area (Å²) in [6.07, 6.45) is 8.21. The van der Waals surface area contributed by atoms with Gasteiger partial charge >= 0.3 is 0 Å². The Hall–Kier alpha value is -1.96. The Labute approximate surface area is 121 Å².